The predicted molar refractivity (Wildman–Crippen MR) is 72.7 cm³/mol. The number of aliphatic hydroxyl groups is 1. The van der Waals surface area contributed by atoms with E-state index in [1.807, 2.05) is 0 Å². The number of carbonyl (C=O) groups excluding carboxylic acids is 1. The Labute approximate surface area is 122 Å². The van der Waals surface area contributed by atoms with Crippen LogP contribution in [0.5, 0.6) is 0 Å². The summed E-state index contributed by atoms with van der Waals surface area (Å²) in [4.78, 5) is 11.7. The van der Waals surface area contributed by atoms with Gasteiger partial charge < -0.3 is 15.7 Å². The van der Waals surface area contributed by atoms with Crippen LogP contribution in [-0.2, 0) is 11.2 Å². The van der Waals surface area contributed by atoms with E-state index in [1.54, 1.807) is 0 Å². The quantitative estimate of drug-likeness (QED) is 0.770. The molecule has 1 aromatic carbocycles. The summed E-state index contributed by atoms with van der Waals surface area (Å²) in [6, 6.07) is 2.91. The van der Waals surface area contributed by atoms with Gasteiger partial charge in [-0.05, 0) is 30.5 Å². The molecule has 2 atom stereocenters. The van der Waals surface area contributed by atoms with E-state index in [1.165, 1.54) is 12.1 Å². The summed E-state index contributed by atoms with van der Waals surface area (Å²) in [6.45, 7) is 0.712. The first kappa shape index (κ1) is 16.8. The van der Waals surface area contributed by atoms with Crippen LogP contribution in [0.2, 0.25) is 0 Å². The minimum Gasteiger partial charge on any atom is -0.392 e. The van der Waals surface area contributed by atoms with Crippen LogP contribution in [0, 0.1) is 11.6 Å². The molecule has 0 radical (unpaired) electrons. The van der Waals surface area contributed by atoms with Gasteiger partial charge in [0, 0.05) is 19.2 Å². The van der Waals surface area contributed by atoms with Crippen LogP contribution in [-0.4, -0.2) is 36.2 Å². The first-order valence-corrected chi connectivity index (χ1v) is 6.19. The van der Waals surface area contributed by atoms with Crippen molar-refractivity contribution in [3.05, 3.63) is 35.4 Å². The molecule has 1 heterocycles. The van der Waals surface area contributed by atoms with Gasteiger partial charge in [0.1, 0.15) is 11.6 Å². The maximum Gasteiger partial charge on any atom is 0.237 e. The molecule has 1 aliphatic rings. The number of hydrogen-bond acceptors (Lipinski definition) is 3. The fraction of sp³-hybridized carbons (Fsp3) is 0.462. The normalized spacial score (nSPS) is 21.4. The Kier molecular flexibility index (Phi) is 6.32. The molecule has 112 valence electrons. The van der Waals surface area contributed by atoms with E-state index in [2.05, 4.69) is 10.6 Å². The fourth-order valence-corrected chi connectivity index (χ4v) is 2.13. The predicted octanol–water partition coefficient (Wildman–Crippen LogP) is 0.768. The number of benzene rings is 1. The topological polar surface area (TPSA) is 61.4 Å². The molecule has 1 aliphatic heterocycles. The summed E-state index contributed by atoms with van der Waals surface area (Å²) in [6.07, 6.45) is 0.254. The van der Waals surface area contributed by atoms with Gasteiger partial charge in [-0.15, -0.1) is 12.4 Å². The lowest BCUT2D eigenvalue weighted by molar-refractivity contribution is -0.122. The van der Waals surface area contributed by atoms with Gasteiger partial charge in [-0.2, -0.15) is 0 Å². The van der Waals surface area contributed by atoms with Crippen LogP contribution in [0.1, 0.15) is 12.0 Å². The zero-order chi connectivity index (χ0) is 13.8. The third kappa shape index (κ3) is 4.70. The van der Waals surface area contributed by atoms with Gasteiger partial charge in [0.25, 0.3) is 0 Å². The van der Waals surface area contributed by atoms with E-state index in [9.17, 15) is 18.7 Å². The second kappa shape index (κ2) is 7.52. The van der Waals surface area contributed by atoms with Gasteiger partial charge in [-0.25, -0.2) is 8.78 Å². The van der Waals surface area contributed by atoms with Crippen molar-refractivity contribution >= 4 is 18.3 Å². The van der Waals surface area contributed by atoms with Crippen LogP contribution in [0.15, 0.2) is 18.2 Å². The summed E-state index contributed by atoms with van der Waals surface area (Å²) < 4.78 is 25.9. The molecule has 4 nitrogen and oxygen atoms in total. The van der Waals surface area contributed by atoms with Crippen molar-refractivity contribution in [3.8, 4) is 0 Å². The van der Waals surface area contributed by atoms with E-state index in [0.29, 0.717) is 31.5 Å². The van der Waals surface area contributed by atoms with E-state index in [-0.39, 0.29) is 24.4 Å². The molecular formula is C13H17ClF2N2O2. The monoisotopic (exact) mass is 306 g/mol. The van der Waals surface area contributed by atoms with E-state index in [0.717, 1.165) is 6.07 Å². The van der Waals surface area contributed by atoms with E-state index < -0.39 is 17.7 Å². The molecular weight excluding hydrogens is 290 g/mol. The van der Waals surface area contributed by atoms with Crippen LogP contribution < -0.4 is 10.6 Å². The van der Waals surface area contributed by atoms with Crippen molar-refractivity contribution < 1.29 is 18.7 Å². The lowest BCUT2D eigenvalue weighted by Crippen LogP contribution is -2.41. The highest BCUT2D eigenvalue weighted by Gasteiger charge is 2.27. The number of amides is 1. The van der Waals surface area contributed by atoms with Gasteiger partial charge in [0.15, 0.2) is 0 Å². The van der Waals surface area contributed by atoms with Crippen LogP contribution in [0.4, 0.5) is 8.78 Å². The summed E-state index contributed by atoms with van der Waals surface area (Å²) >= 11 is 0. The number of carbonyl (C=O) groups is 1. The third-order valence-electron chi connectivity index (χ3n) is 3.06. The second-order valence-corrected chi connectivity index (χ2v) is 4.67. The highest BCUT2D eigenvalue weighted by molar-refractivity contribution is 5.85. The van der Waals surface area contributed by atoms with E-state index in [4.69, 9.17) is 0 Å². The van der Waals surface area contributed by atoms with Crippen LogP contribution >= 0.6 is 12.4 Å². The van der Waals surface area contributed by atoms with Gasteiger partial charge in [-0.3, -0.25) is 4.79 Å². The molecule has 0 bridgehead atoms. The minimum absolute atomic E-state index is 0. The Hall–Kier alpha value is -1.24. The molecule has 2 unspecified atom stereocenters. The zero-order valence-electron chi connectivity index (χ0n) is 10.7. The van der Waals surface area contributed by atoms with Crippen molar-refractivity contribution in [2.24, 2.45) is 0 Å². The largest absolute Gasteiger partial charge is 0.392 e. The number of β-amino-alcohol motifs (C(OH)–C–C–N with tert-alkyl or cyclic N) is 1. The van der Waals surface area contributed by atoms with E-state index >= 15 is 0 Å². The van der Waals surface area contributed by atoms with Crippen molar-refractivity contribution in [2.75, 3.05) is 13.1 Å². The lowest BCUT2D eigenvalue weighted by Gasteiger charge is -2.11. The van der Waals surface area contributed by atoms with Gasteiger partial charge >= 0.3 is 0 Å². The summed E-state index contributed by atoms with van der Waals surface area (Å²) in [5, 5.41) is 14.9. The summed E-state index contributed by atoms with van der Waals surface area (Å²) in [7, 11) is 0. The maximum atomic E-state index is 12.9. The first-order valence-electron chi connectivity index (χ1n) is 6.19. The number of aliphatic hydroxyl groups excluding tert-OH is 1. The van der Waals surface area contributed by atoms with Crippen molar-refractivity contribution in [1.82, 2.24) is 10.6 Å². The van der Waals surface area contributed by atoms with Gasteiger partial charge in [0.05, 0.1) is 12.1 Å². The molecule has 2 rings (SSSR count). The molecule has 7 heteroatoms. The standard InChI is InChI=1S/C13H16F2N2O2.ClH/c14-9-3-8(4-10(15)5-9)1-2-16-13(19)12-6-11(18)7-17-12;/h3-5,11-12,17-18H,1-2,6-7H2,(H,16,19);1H. The first-order chi connectivity index (χ1) is 9.04. The number of halogens is 3. The minimum atomic E-state index is -0.623. The van der Waals surface area contributed by atoms with Crippen molar-refractivity contribution in [2.45, 2.75) is 25.0 Å². The Balaban J connectivity index is 0.00000200. The SMILES string of the molecule is Cl.O=C(NCCc1cc(F)cc(F)c1)C1CC(O)CN1. The highest BCUT2D eigenvalue weighted by Crippen LogP contribution is 2.09. The van der Waals surface area contributed by atoms with Crippen molar-refractivity contribution in [1.29, 1.82) is 0 Å². The Morgan fingerprint density at radius 3 is 2.55 bits per heavy atom. The van der Waals surface area contributed by atoms with Crippen molar-refractivity contribution in [3.63, 3.8) is 0 Å². The average Bonchev–Trinajstić information content (AvgIpc) is 2.74. The molecule has 0 spiro atoms. The Morgan fingerprint density at radius 1 is 1.35 bits per heavy atom. The van der Waals surface area contributed by atoms with Crippen LogP contribution in [0.3, 0.4) is 0 Å². The summed E-state index contributed by atoms with van der Waals surface area (Å²) in [5.74, 6) is -1.45. The maximum absolute atomic E-state index is 12.9. The molecule has 1 aromatic rings. The smallest absolute Gasteiger partial charge is 0.237 e. The molecule has 3 N–H and O–H groups in total. The third-order valence-corrected chi connectivity index (χ3v) is 3.06. The second-order valence-electron chi connectivity index (χ2n) is 4.67. The number of rotatable bonds is 4. The zero-order valence-corrected chi connectivity index (χ0v) is 11.6. The fourth-order valence-electron chi connectivity index (χ4n) is 2.13. The van der Waals surface area contributed by atoms with Gasteiger partial charge in [-0.1, -0.05) is 0 Å². The number of nitrogens with one attached hydrogen (secondary N) is 2. The van der Waals surface area contributed by atoms with Crippen LogP contribution in [0.25, 0.3) is 0 Å². The highest BCUT2D eigenvalue weighted by atomic mass is 35.5. The summed E-state index contributed by atoms with van der Waals surface area (Å²) in [5.41, 5.74) is 0.497. The lowest BCUT2D eigenvalue weighted by atomic mass is 10.1. The Bertz CT molecular complexity index is 453. The molecule has 0 aliphatic carbocycles. The molecule has 20 heavy (non-hydrogen) atoms. The average molecular weight is 307 g/mol. The molecule has 0 aromatic heterocycles. The number of hydrogen-bond donors (Lipinski definition) is 3. The molecule has 1 amide bonds. The Morgan fingerprint density at radius 2 is 2.00 bits per heavy atom. The molecule has 1 saturated heterocycles. The molecule has 0 saturated carbocycles. The van der Waals surface area contributed by atoms with Gasteiger partial charge in [0.2, 0.25) is 5.91 Å². The molecule has 1 fully saturated rings.